The van der Waals surface area contributed by atoms with Crippen LogP contribution in [0.15, 0.2) is 18.5 Å². The first-order valence-corrected chi connectivity index (χ1v) is 7.69. The Bertz CT molecular complexity index is 916. The van der Waals surface area contributed by atoms with E-state index in [4.69, 9.17) is 11.6 Å². The summed E-state index contributed by atoms with van der Waals surface area (Å²) >= 11 is 5.82. The minimum absolute atomic E-state index is 0.267. The van der Waals surface area contributed by atoms with E-state index in [1.54, 1.807) is 0 Å². The Morgan fingerprint density at radius 2 is 1.92 bits per heavy atom. The van der Waals surface area contributed by atoms with Gasteiger partial charge in [-0.2, -0.15) is 22.8 Å². The van der Waals surface area contributed by atoms with Crippen LogP contribution in [0.2, 0.25) is 5.02 Å². The smallest absolute Gasteiger partial charge is 0.338 e. The van der Waals surface area contributed by atoms with E-state index in [2.05, 4.69) is 20.4 Å². The van der Waals surface area contributed by atoms with E-state index >= 15 is 0 Å². The monoisotopic (exact) mass is 356 g/mol. The molecule has 1 saturated heterocycles. The average molecular weight is 357 g/mol. The first-order valence-electron chi connectivity index (χ1n) is 7.31. The molecule has 0 aliphatic carbocycles. The molecule has 1 aromatic carbocycles. The standard InChI is InChI=1S/C14H12ClF3N6/c15-10-6-11-8(5-9(10)14(16,17)18)12-20-7-21-24(12)13(22-11)23-3-1-19-2-4-23/h5-7,19H,1-4H2. The number of nitrogens with zero attached hydrogens (tertiary/aromatic N) is 5. The molecule has 4 rings (SSSR count). The maximum atomic E-state index is 13.1. The van der Waals surface area contributed by atoms with Crippen molar-refractivity contribution in [1.82, 2.24) is 24.9 Å². The molecule has 0 amide bonds. The summed E-state index contributed by atoms with van der Waals surface area (Å²) in [5.74, 6) is 0.548. The third kappa shape index (κ3) is 2.44. The lowest BCUT2D eigenvalue weighted by molar-refractivity contribution is -0.137. The van der Waals surface area contributed by atoms with Gasteiger partial charge in [0.2, 0.25) is 5.95 Å². The molecule has 6 nitrogen and oxygen atoms in total. The topological polar surface area (TPSA) is 58.4 Å². The largest absolute Gasteiger partial charge is 0.417 e. The van der Waals surface area contributed by atoms with Gasteiger partial charge in [-0.25, -0.2) is 9.97 Å². The first kappa shape index (κ1) is 15.4. The van der Waals surface area contributed by atoms with Crippen LogP contribution in [0.25, 0.3) is 16.6 Å². The summed E-state index contributed by atoms with van der Waals surface area (Å²) in [6, 6.07) is 2.22. The molecule has 1 N–H and O–H groups in total. The second kappa shape index (κ2) is 5.45. The number of hydrogen-bond acceptors (Lipinski definition) is 5. The van der Waals surface area contributed by atoms with Crippen LogP contribution in [0.1, 0.15) is 5.56 Å². The molecule has 24 heavy (non-hydrogen) atoms. The Hall–Kier alpha value is -2.13. The van der Waals surface area contributed by atoms with Crippen molar-refractivity contribution in [3.63, 3.8) is 0 Å². The molecule has 1 fully saturated rings. The molecule has 0 bridgehead atoms. The van der Waals surface area contributed by atoms with E-state index < -0.39 is 11.7 Å². The number of aromatic nitrogens is 4. The summed E-state index contributed by atoms with van der Waals surface area (Å²) in [7, 11) is 0. The van der Waals surface area contributed by atoms with E-state index in [1.807, 2.05) is 4.90 Å². The van der Waals surface area contributed by atoms with Crippen LogP contribution in [-0.4, -0.2) is 45.8 Å². The number of hydrogen-bond donors (Lipinski definition) is 1. The van der Waals surface area contributed by atoms with Crippen LogP contribution >= 0.6 is 11.6 Å². The van der Waals surface area contributed by atoms with E-state index in [0.29, 0.717) is 17.1 Å². The molecule has 0 saturated carbocycles. The van der Waals surface area contributed by atoms with Gasteiger partial charge in [-0.1, -0.05) is 11.6 Å². The maximum absolute atomic E-state index is 13.1. The molecule has 126 valence electrons. The van der Waals surface area contributed by atoms with Gasteiger partial charge >= 0.3 is 6.18 Å². The van der Waals surface area contributed by atoms with Crippen LogP contribution in [0.5, 0.6) is 0 Å². The molecule has 1 aliphatic heterocycles. The van der Waals surface area contributed by atoms with Crippen molar-refractivity contribution in [3.8, 4) is 0 Å². The van der Waals surface area contributed by atoms with E-state index in [-0.39, 0.29) is 10.4 Å². The Morgan fingerprint density at radius 3 is 2.62 bits per heavy atom. The highest BCUT2D eigenvalue weighted by Crippen LogP contribution is 2.37. The zero-order valence-corrected chi connectivity index (χ0v) is 13.1. The summed E-state index contributed by atoms with van der Waals surface area (Å²) < 4.78 is 40.8. The quantitative estimate of drug-likeness (QED) is 0.725. The Kier molecular flexibility index (Phi) is 3.50. The van der Waals surface area contributed by atoms with Gasteiger partial charge in [0.1, 0.15) is 6.33 Å². The summed E-state index contributed by atoms with van der Waals surface area (Å²) in [6.45, 7) is 3.04. The summed E-state index contributed by atoms with van der Waals surface area (Å²) in [5, 5.41) is 7.25. The average Bonchev–Trinajstić information content (AvgIpc) is 3.03. The van der Waals surface area contributed by atoms with Gasteiger partial charge in [0.15, 0.2) is 5.65 Å². The molecule has 0 radical (unpaired) electrons. The summed E-state index contributed by atoms with van der Waals surface area (Å²) in [4.78, 5) is 10.6. The van der Waals surface area contributed by atoms with E-state index in [1.165, 1.54) is 16.9 Å². The molecule has 3 aromatic rings. The molecule has 0 unspecified atom stereocenters. The van der Waals surface area contributed by atoms with Crippen molar-refractivity contribution in [2.45, 2.75) is 6.18 Å². The third-order valence-electron chi connectivity index (χ3n) is 3.99. The number of anilines is 1. The van der Waals surface area contributed by atoms with Crippen molar-refractivity contribution in [2.24, 2.45) is 0 Å². The highest BCUT2D eigenvalue weighted by atomic mass is 35.5. The molecule has 1 aliphatic rings. The fourth-order valence-electron chi connectivity index (χ4n) is 2.85. The van der Waals surface area contributed by atoms with Gasteiger partial charge in [-0.05, 0) is 12.1 Å². The van der Waals surface area contributed by atoms with Gasteiger partial charge in [-0.3, -0.25) is 0 Å². The van der Waals surface area contributed by atoms with Crippen molar-refractivity contribution in [2.75, 3.05) is 31.1 Å². The molecular formula is C14H12ClF3N6. The van der Waals surface area contributed by atoms with Crippen molar-refractivity contribution >= 4 is 34.1 Å². The van der Waals surface area contributed by atoms with E-state index in [0.717, 1.165) is 32.2 Å². The lowest BCUT2D eigenvalue weighted by Crippen LogP contribution is -2.44. The van der Waals surface area contributed by atoms with Crippen LogP contribution in [-0.2, 0) is 6.18 Å². The van der Waals surface area contributed by atoms with Crippen molar-refractivity contribution in [3.05, 3.63) is 29.0 Å². The van der Waals surface area contributed by atoms with Gasteiger partial charge in [0, 0.05) is 31.6 Å². The van der Waals surface area contributed by atoms with Crippen LogP contribution in [0.3, 0.4) is 0 Å². The normalized spacial score (nSPS) is 16.2. The second-order valence-corrected chi connectivity index (χ2v) is 5.90. The number of piperazine rings is 1. The zero-order valence-electron chi connectivity index (χ0n) is 12.3. The Labute approximate surface area is 139 Å². The number of nitrogens with one attached hydrogen (secondary N) is 1. The van der Waals surface area contributed by atoms with Crippen LogP contribution in [0.4, 0.5) is 19.1 Å². The molecular weight excluding hydrogens is 345 g/mol. The number of benzene rings is 1. The van der Waals surface area contributed by atoms with Crippen molar-refractivity contribution in [1.29, 1.82) is 0 Å². The first-order chi connectivity index (χ1) is 11.4. The predicted molar refractivity (Wildman–Crippen MR) is 83.4 cm³/mol. The van der Waals surface area contributed by atoms with Gasteiger partial charge in [0.25, 0.3) is 0 Å². The van der Waals surface area contributed by atoms with E-state index in [9.17, 15) is 13.2 Å². The third-order valence-corrected chi connectivity index (χ3v) is 4.30. The molecule has 3 heterocycles. The van der Waals surface area contributed by atoms with Crippen LogP contribution in [0, 0.1) is 0 Å². The fraction of sp³-hybridized carbons (Fsp3) is 0.357. The molecule has 2 aromatic heterocycles. The molecule has 0 atom stereocenters. The SMILES string of the molecule is FC(F)(F)c1cc2c(cc1Cl)nc(N1CCNCC1)n1ncnc21. The maximum Gasteiger partial charge on any atom is 0.417 e. The van der Waals surface area contributed by atoms with Crippen LogP contribution < -0.4 is 10.2 Å². The predicted octanol–water partition coefficient (Wildman–Crippen LogP) is 2.36. The summed E-state index contributed by atoms with van der Waals surface area (Å²) in [6.07, 6.45) is -3.23. The lowest BCUT2D eigenvalue weighted by Gasteiger charge is -2.28. The minimum atomic E-state index is -4.54. The van der Waals surface area contributed by atoms with Gasteiger partial charge in [-0.15, -0.1) is 0 Å². The zero-order chi connectivity index (χ0) is 16.9. The number of rotatable bonds is 1. The molecule has 0 spiro atoms. The fourth-order valence-corrected chi connectivity index (χ4v) is 3.11. The lowest BCUT2D eigenvalue weighted by atomic mass is 10.1. The van der Waals surface area contributed by atoms with Gasteiger partial charge in [0.05, 0.1) is 16.1 Å². The Morgan fingerprint density at radius 1 is 1.17 bits per heavy atom. The molecule has 10 heteroatoms. The summed E-state index contributed by atoms with van der Waals surface area (Å²) in [5.41, 5.74) is -0.212. The number of fused-ring (bicyclic) bond motifs is 3. The highest BCUT2D eigenvalue weighted by Gasteiger charge is 2.34. The Balaban J connectivity index is 1.98. The van der Waals surface area contributed by atoms with Crippen molar-refractivity contribution < 1.29 is 13.2 Å². The number of alkyl halides is 3. The highest BCUT2D eigenvalue weighted by molar-refractivity contribution is 6.32. The van der Waals surface area contributed by atoms with Gasteiger partial charge < -0.3 is 10.2 Å². The minimum Gasteiger partial charge on any atom is -0.338 e. The second-order valence-electron chi connectivity index (χ2n) is 5.49. The number of halogens is 4.